The average Bonchev–Trinajstić information content (AvgIpc) is 2.67. The molecule has 1 aliphatic rings. The van der Waals surface area contributed by atoms with Crippen molar-refractivity contribution in [3.63, 3.8) is 0 Å². The van der Waals surface area contributed by atoms with Gasteiger partial charge in [-0.15, -0.1) is 0 Å². The third-order valence-electron chi connectivity index (χ3n) is 5.25. The van der Waals surface area contributed by atoms with E-state index in [1.54, 1.807) is 0 Å². The lowest BCUT2D eigenvalue weighted by molar-refractivity contribution is -0.122. The van der Waals surface area contributed by atoms with Gasteiger partial charge in [-0.25, -0.2) is 0 Å². The van der Waals surface area contributed by atoms with E-state index >= 15 is 0 Å². The van der Waals surface area contributed by atoms with Crippen LogP contribution in [0.2, 0.25) is 0 Å². The first-order chi connectivity index (χ1) is 12.6. The molecule has 0 fully saturated rings. The second-order valence-corrected chi connectivity index (χ2v) is 7.05. The fraction of sp³-hybridized carbons (Fsp3) is 0.435. The monoisotopic (exact) mass is 351 g/mol. The molecule has 0 saturated carbocycles. The van der Waals surface area contributed by atoms with Gasteiger partial charge in [0.05, 0.1) is 0 Å². The Morgan fingerprint density at radius 3 is 2.35 bits per heavy atom. The number of para-hydroxylation sites is 1. The summed E-state index contributed by atoms with van der Waals surface area (Å²) >= 11 is 0. The van der Waals surface area contributed by atoms with Crippen molar-refractivity contribution < 1.29 is 9.53 Å². The molecule has 138 valence electrons. The molecule has 0 aliphatic heterocycles. The molecule has 1 N–H and O–H groups in total. The van der Waals surface area contributed by atoms with Gasteiger partial charge in [0.2, 0.25) is 0 Å². The first-order valence-corrected chi connectivity index (χ1v) is 9.82. The smallest absolute Gasteiger partial charge is 0.265 e. The molecule has 26 heavy (non-hydrogen) atoms. The minimum absolute atomic E-state index is 0.0988. The number of carbonyl (C=O) groups is 1. The number of fused-ring (bicyclic) bond motifs is 1. The SMILES string of the molecule is CCc1cccc(CC)c1NC(=O)C(C)Oc1ccc2c(c1)CCCC2. The van der Waals surface area contributed by atoms with Gasteiger partial charge >= 0.3 is 0 Å². The Morgan fingerprint density at radius 2 is 1.69 bits per heavy atom. The van der Waals surface area contributed by atoms with E-state index in [4.69, 9.17) is 4.74 Å². The Morgan fingerprint density at radius 1 is 1.04 bits per heavy atom. The summed E-state index contributed by atoms with van der Waals surface area (Å²) in [5.74, 6) is 0.686. The molecule has 1 atom stereocenters. The normalized spacial score (nSPS) is 14.4. The number of hydrogen-bond acceptors (Lipinski definition) is 2. The van der Waals surface area contributed by atoms with Crippen LogP contribution < -0.4 is 10.1 Å². The molecule has 1 amide bonds. The Labute approximate surface area is 156 Å². The molecule has 3 nitrogen and oxygen atoms in total. The molecular formula is C23H29NO2. The van der Waals surface area contributed by atoms with Crippen LogP contribution in [0.15, 0.2) is 36.4 Å². The maximum Gasteiger partial charge on any atom is 0.265 e. The van der Waals surface area contributed by atoms with Crippen molar-refractivity contribution in [1.82, 2.24) is 0 Å². The number of carbonyl (C=O) groups excluding carboxylic acids is 1. The number of benzene rings is 2. The molecular weight excluding hydrogens is 322 g/mol. The van der Waals surface area contributed by atoms with Gasteiger partial charge in [-0.3, -0.25) is 4.79 Å². The third kappa shape index (κ3) is 4.09. The minimum Gasteiger partial charge on any atom is -0.481 e. The van der Waals surface area contributed by atoms with Crippen LogP contribution in [0.5, 0.6) is 5.75 Å². The zero-order valence-corrected chi connectivity index (χ0v) is 16.1. The van der Waals surface area contributed by atoms with Gasteiger partial charge < -0.3 is 10.1 Å². The van der Waals surface area contributed by atoms with Gasteiger partial charge in [-0.05, 0) is 79.8 Å². The van der Waals surface area contributed by atoms with E-state index in [1.165, 1.54) is 35.1 Å². The van der Waals surface area contributed by atoms with Gasteiger partial charge in [0, 0.05) is 5.69 Å². The summed E-state index contributed by atoms with van der Waals surface area (Å²) in [5, 5.41) is 3.10. The summed E-state index contributed by atoms with van der Waals surface area (Å²) in [7, 11) is 0. The molecule has 0 spiro atoms. The molecule has 2 aromatic carbocycles. The van der Waals surface area contributed by atoms with Gasteiger partial charge in [0.1, 0.15) is 5.75 Å². The maximum atomic E-state index is 12.7. The highest BCUT2D eigenvalue weighted by Crippen LogP contribution is 2.27. The number of rotatable bonds is 6. The third-order valence-corrected chi connectivity index (χ3v) is 5.25. The quantitative estimate of drug-likeness (QED) is 0.786. The van der Waals surface area contributed by atoms with Gasteiger partial charge in [-0.2, -0.15) is 0 Å². The summed E-state index contributed by atoms with van der Waals surface area (Å²) in [4.78, 5) is 12.7. The van der Waals surface area contributed by atoms with Gasteiger partial charge in [0.25, 0.3) is 5.91 Å². The van der Waals surface area contributed by atoms with Crippen molar-refractivity contribution in [2.75, 3.05) is 5.32 Å². The van der Waals surface area contributed by atoms with Gasteiger partial charge in [-0.1, -0.05) is 38.1 Å². The molecule has 3 heteroatoms. The molecule has 0 radical (unpaired) electrons. The van der Waals surface area contributed by atoms with Crippen molar-refractivity contribution >= 4 is 11.6 Å². The molecule has 1 aliphatic carbocycles. The Hall–Kier alpha value is -2.29. The molecule has 1 unspecified atom stereocenters. The van der Waals surface area contributed by atoms with E-state index in [9.17, 15) is 4.79 Å². The fourth-order valence-corrected chi connectivity index (χ4v) is 3.67. The lowest BCUT2D eigenvalue weighted by atomic mass is 9.92. The van der Waals surface area contributed by atoms with Gasteiger partial charge in [0.15, 0.2) is 6.10 Å². The number of amides is 1. The van der Waals surface area contributed by atoms with Crippen LogP contribution in [0.4, 0.5) is 5.69 Å². The van der Waals surface area contributed by atoms with Crippen molar-refractivity contribution in [3.8, 4) is 5.75 Å². The fourth-order valence-electron chi connectivity index (χ4n) is 3.67. The molecule has 3 rings (SSSR count). The van der Waals surface area contributed by atoms with Crippen molar-refractivity contribution in [3.05, 3.63) is 58.7 Å². The highest BCUT2D eigenvalue weighted by Gasteiger charge is 2.18. The summed E-state index contributed by atoms with van der Waals surface area (Å²) in [5.41, 5.74) is 6.07. The Kier molecular flexibility index (Phi) is 5.97. The minimum atomic E-state index is -0.536. The molecule has 0 aromatic heterocycles. The lowest BCUT2D eigenvalue weighted by Gasteiger charge is -2.20. The average molecular weight is 351 g/mol. The lowest BCUT2D eigenvalue weighted by Crippen LogP contribution is -2.31. The number of hydrogen-bond donors (Lipinski definition) is 1. The highest BCUT2D eigenvalue weighted by atomic mass is 16.5. The maximum absolute atomic E-state index is 12.7. The summed E-state index contributed by atoms with van der Waals surface area (Å²) in [6.07, 6.45) is 6.01. The number of aryl methyl sites for hydroxylation is 4. The van der Waals surface area contributed by atoms with Crippen molar-refractivity contribution in [2.45, 2.75) is 65.4 Å². The van der Waals surface area contributed by atoms with E-state index < -0.39 is 6.10 Å². The van der Waals surface area contributed by atoms with Crippen LogP contribution >= 0.6 is 0 Å². The number of nitrogens with one attached hydrogen (secondary N) is 1. The first-order valence-electron chi connectivity index (χ1n) is 9.82. The standard InChI is InChI=1S/C23H29NO2/c1-4-17-11-8-12-18(5-2)22(17)24-23(25)16(3)26-21-14-13-19-9-6-7-10-20(19)15-21/h8,11-16H,4-7,9-10H2,1-3H3,(H,24,25). The summed E-state index contributed by atoms with van der Waals surface area (Å²) in [6.45, 7) is 6.03. The van der Waals surface area contributed by atoms with Crippen LogP contribution in [0, 0.1) is 0 Å². The van der Waals surface area contributed by atoms with Crippen LogP contribution in [0.25, 0.3) is 0 Å². The second kappa shape index (κ2) is 8.39. The van der Waals surface area contributed by atoms with E-state index in [-0.39, 0.29) is 5.91 Å². The topological polar surface area (TPSA) is 38.3 Å². The highest BCUT2D eigenvalue weighted by molar-refractivity contribution is 5.95. The van der Waals surface area contributed by atoms with E-state index in [1.807, 2.05) is 13.0 Å². The van der Waals surface area contributed by atoms with E-state index in [2.05, 4.69) is 49.5 Å². The van der Waals surface area contributed by atoms with Crippen LogP contribution in [0.3, 0.4) is 0 Å². The molecule has 0 bridgehead atoms. The summed E-state index contributed by atoms with van der Waals surface area (Å²) < 4.78 is 5.95. The van der Waals surface area contributed by atoms with E-state index in [0.29, 0.717) is 0 Å². The number of ether oxygens (including phenoxy) is 1. The predicted molar refractivity (Wildman–Crippen MR) is 107 cm³/mol. The zero-order chi connectivity index (χ0) is 18.5. The number of anilines is 1. The van der Waals surface area contributed by atoms with Crippen molar-refractivity contribution in [1.29, 1.82) is 0 Å². The van der Waals surface area contributed by atoms with E-state index in [0.717, 1.165) is 37.1 Å². The zero-order valence-electron chi connectivity index (χ0n) is 16.1. The molecule has 2 aromatic rings. The summed E-state index contributed by atoms with van der Waals surface area (Å²) in [6, 6.07) is 12.4. The van der Waals surface area contributed by atoms with Crippen LogP contribution in [-0.4, -0.2) is 12.0 Å². The van der Waals surface area contributed by atoms with Crippen molar-refractivity contribution in [2.24, 2.45) is 0 Å². The Balaban J connectivity index is 1.71. The predicted octanol–water partition coefficient (Wildman–Crippen LogP) is 5.10. The molecule has 0 heterocycles. The largest absolute Gasteiger partial charge is 0.481 e. The van der Waals surface area contributed by atoms with Crippen LogP contribution in [-0.2, 0) is 30.5 Å². The second-order valence-electron chi connectivity index (χ2n) is 7.05. The Bertz CT molecular complexity index is 760. The molecule has 0 saturated heterocycles. The first kappa shape index (κ1) is 18.5. The van der Waals surface area contributed by atoms with Crippen LogP contribution in [0.1, 0.15) is 55.9 Å².